The number of nitrogens with one attached hydrogen (secondary N) is 1. The number of likely N-dealkylation sites (tertiary alicyclic amines) is 1. The molecule has 0 aromatic heterocycles. The van der Waals surface area contributed by atoms with Gasteiger partial charge in [-0.15, -0.1) is 0 Å². The summed E-state index contributed by atoms with van der Waals surface area (Å²) in [7, 11) is 1.56. The number of rotatable bonds is 7. The standard InChI is InChI=1S/C23H28N2O4/c1-3-29-19-10-8-17(9-11-19)16-22(26)25-14-12-18(13-15-25)24-23(27)20-6-4-5-7-21(20)28-2/h4-11,18H,3,12-16H2,1-2H3,(H,24,27). The highest BCUT2D eigenvalue weighted by Gasteiger charge is 2.25. The summed E-state index contributed by atoms with van der Waals surface area (Å²) in [4.78, 5) is 27.0. The second-order valence-corrected chi connectivity index (χ2v) is 7.08. The molecule has 29 heavy (non-hydrogen) atoms. The van der Waals surface area contributed by atoms with Crippen molar-refractivity contribution in [2.75, 3.05) is 26.8 Å². The zero-order chi connectivity index (χ0) is 20.6. The van der Waals surface area contributed by atoms with Gasteiger partial charge in [0.1, 0.15) is 11.5 Å². The van der Waals surface area contributed by atoms with Crippen molar-refractivity contribution >= 4 is 11.8 Å². The number of para-hydroxylation sites is 1. The summed E-state index contributed by atoms with van der Waals surface area (Å²) in [5.41, 5.74) is 1.51. The number of carbonyl (C=O) groups excluding carboxylic acids is 2. The van der Waals surface area contributed by atoms with Crippen LogP contribution >= 0.6 is 0 Å². The zero-order valence-electron chi connectivity index (χ0n) is 17.0. The Bertz CT molecular complexity index is 827. The smallest absolute Gasteiger partial charge is 0.255 e. The summed E-state index contributed by atoms with van der Waals surface area (Å²) < 4.78 is 10.7. The monoisotopic (exact) mass is 396 g/mol. The van der Waals surface area contributed by atoms with Gasteiger partial charge in [0.25, 0.3) is 5.91 Å². The van der Waals surface area contributed by atoms with Gasteiger partial charge in [0.15, 0.2) is 0 Å². The molecule has 1 aliphatic rings. The lowest BCUT2D eigenvalue weighted by Crippen LogP contribution is -2.47. The Labute approximate surface area is 171 Å². The van der Waals surface area contributed by atoms with Crippen molar-refractivity contribution in [3.63, 3.8) is 0 Å². The topological polar surface area (TPSA) is 67.9 Å². The molecule has 154 valence electrons. The van der Waals surface area contributed by atoms with E-state index in [1.54, 1.807) is 19.2 Å². The van der Waals surface area contributed by atoms with E-state index < -0.39 is 0 Å². The molecular weight excluding hydrogens is 368 g/mol. The van der Waals surface area contributed by atoms with Crippen molar-refractivity contribution in [1.82, 2.24) is 10.2 Å². The number of benzene rings is 2. The molecule has 0 bridgehead atoms. The van der Waals surface area contributed by atoms with Crippen LogP contribution in [0.15, 0.2) is 48.5 Å². The van der Waals surface area contributed by atoms with Crippen LogP contribution in [0.5, 0.6) is 11.5 Å². The van der Waals surface area contributed by atoms with Crippen molar-refractivity contribution in [3.8, 4) is 11.5 Å². The fourth-order valence-electron chi connectivity index (χ4n) is 3.53. The van der Waals surface area contributed by atoms with E-state index in [2.05, 4.69) is 5.32 Å². The summed E-state index contributed by atoms with van der Waals surface area (Å²) in [5, 5.41) is 3.07. The molecule has 0 aliphatic carbocycles. The Kier molecular flexibility index (Phi) is 7.11. The minimum Gasteiger partial charge on any atom is -0.496 e. The van der Waals surface area contributed by atoms with Gasteiger partial charge in [-0.3, -0.25) is 9.59 Å². The lowest BCUT2D eigenvalue weighted by molar-refractivity contribution is -0.131. The number of methoxy groups -OCH3 is 1. The van der Waals surface area contributed by atoms with Crippen LogP contribution in [0.25, 0.3) is 0 Å². The predicted octanol–water partition coefficient (Wildman–Crippen LogP) is 3.06. The summed E-state index contributed by atoms with van der Waals surface area (Å²) in [6.07, 6.45) is 1.87. The number of amides is 2. The van der Waals surface area contributed by atoms with Crippen LogP contribution in [-0.4, -0.2) is 49.6 Å². The van der Waals surface area contributed by atoms with Gasteiger partial charge < -0.3 is 19.7 Å². The minimum atomic E-state index is -0.137. The first-order valence-corrected chi connectivity index (χ1v) is 10.0. The number of hydrogen-bond acceptors (Lipinski definition) is 4. The van der Waals surface area contributed by atoms with Crippen LogP contribution in [-0.2, 0) is 11.2 Å². The summed E-state index contributed by atoms with van der Waals surface area (Å²) in [5.74, 6) is 1.36. The highest BCUT2D eigenvalue weighted by molar-refractivity contribution is 5.97. The molecule has 2 aromatic rings. The maximum absolute atomic E-state index is 12.6. The number of piperidine rings is 1. The van der Waals surface area contributed by atoms with Crippen LogP contribution < -0.4 is 14.8 Å². The molecule has 1 heterocycles. The Hall–Kier alpha value is -3.02. The van der Waals surface area contributed by atoms with E-state index in [1.807, 2.05) is 48.2 Å². The molecule has 2 amide bonds. The molecule has 1 aliphatic heterocycles. The second kappa shape index (κ2) is 9.96. The Morgan fingerprint density at radius 3 is 2.41 bits per heavy atom. The van der Waals surface area contributed by atoms with Crippen LogP contribution in [0, 0.1) is 0 Å². The third-order valence-electron chi connectivity index (χ3n) is 5.12. The quantitative estimate of drug-likeness (QED) is 0.781. The summed E-state index contributed by atoms with van der Waals surface area (Å²) in [6.45, 7) is 3.86. The molecule has 0 spiro atoms. The molecule has 2 aromatic carbocycles. The second-order valence-electron chi connectivity index (χ2n) is 7.08. The first kappa shape index (κ1) is 20.7. The normalized spacial score (nSPS) is 14.3. The lowest BCUT2D eigenvalue weighted by atomic mass is 10.0. The average Bonchev–Trinajstić information content (AvgIpc) is 2.75. The third kappa shape index (κ3) is 5.50. The van der Waals surface area contributed by atoms with Gasteiger partial charge >= 0.3 is 0 Å². The molecule has 0 radical (unpaired) electrons. The highest BCUT2D eigenvalue weighted by atomic mass is 16.5. The number of nitrogens with zero attached hydrogens (tertiary/aromatic N) is 1. The van der Waals surface area contributed by atoms with Gasteiger partial charge in [-0.05, 0) is 49.6 Å². The van der Waals surface area contributed by atoms with Gasteiger partial charge in [0.05, 0.1) is 25.7 Å². The first-order valence-electron chi connectivity index (χ1n) is 10.0. The van der Waals surface area contributed by atoms with Crippen LogP contribution in [0.3, 0.4) is 0 Å². The van der Waals surface area contributed by atoms with E-state index >= 15 is 0 Å². The summed E-state index contributed by atoms with van der Waals surface area (Å²) >= 11 is 0. The molecule has 6 heteroatoms. The first-order chi connectivity index (χ1) is 14.1. The van der Waals surface area contributed by atoms with E-state index in [-0.39, 0.29) is 17.9 Å². The molecule has 0 saturated carbocycles. The molecular formula is C23H28N2O4. The lowest BCUT2D eigenvalue weighted by Gasteiger charge is -2.32. The van der Waals surface area contributed by atoms with Gasteiger partial charge in [0.2, 0.25) is 5.91 Å². The predicted molar refractivity (Wildman–Crippen MR) is 111 cm³/mol. The maximum atomic E-state index is 12.6. The van der Waals surface area contributed by atoms with Crippen LogP contribution in [0.2, 0.25) is 0 Å². The van der Waals surface area contributed by atoms with E-state index in [1.165, 1.54) is 0 Å². The highest BCUT2D eigenvalue weighted by Crippen LogP contribution is 2.19. The number of hydrogen-bond donors (Lipinski definition) is 1. The number of ether oxygens (including phenoxy) is 2. The molecule has 1 fully saturated rings. The van der Waals surface area contributed by atoms with E-state index in [0.29, 0.717) is 37.4 Å². The SMILES string of the molecule is CCOc1ccc(CC(=O)N2CCC(NC(=O)c3ccccc3OC)CC2)cc1. The van der Waals surface area contributed by atoms with E-state index in [9.17, 15) is 9.59 Å². The van der Waals surface area contributed by atoms with Gasteiger partial charge in [-0.2, -0.15) is 0 Å². The minimum absolute atomic E-state index is 0.0574. The molecule has 0 atom stereocenters. The van der Waals surface area contributed by atoms with E-state index in [0.717, 1.165) is 24.2 Å². The molecule has 3 rings (SSSR count). The maximum Gasteiger partial charge on any atom is 0.255 e. The van der Waals surface area contributed by atoms with Gasteiger partial charge in [-0.25, -0.2) is 0 Å². The van der Waals surface area contributed by atoms with Crippen LogP contribution in [0.4, 0.5) is 0 Å². The Balaban J connectivity index is 1.48. The van der Waals surface area contributed by atoms with Crippen molar-refractivity contribution in [2.45, 2.75) is 32.2 Å². The largest absolute Gasteiger partial charge is 0.496 e. The fourth-order valence-corrected chi connectivity index (χ4v) is 3.53. The number of carbonyl (C=O) groups is 2. The van der Waals surface area contributed by atoms with Crippen molar-refractivity contribution in [1.29, 1.82) is 0 Å². The van der Waals surface area contributed by atoms with Gasteiger partial charge in [0, 0.05) is 19.1 Å². The van der Waals surface area contributed by atoms with Crippen molar-refractivity contribution in [3.05, 3.63) is 59.7 Å². The van der Waals surface area contributed by atoms with Crippen molar-refractivity contribution in [2.24, 2.45) is 0 Å². The Morgan fingerprint density at radius 1 is 1.07 bits per heavy atom. The molecule has 1 saturated heterocycles. The van der Waals surface area contributed by atoms with Gasteiger partial charge in [-0.1, -0.05) is 24.3 Å². The summed E-state index contributed by atoms with van der Waals surface area (Å²) in [6, 6.07) is 14.9. The average molecular weight is 396 g/mol. The zero-order valence-corrected chi connectivity index (χ0v) is 17.0. The molecule has 0 unspecified atom stereocenters. The third-order valence-corrected chi connectivity index (χ3v) is 5.12. The van der Waals surface area contributed by atoms with Crippen LogP contribution in [0.1, 0.15) is 35.7 Å². The molecule has 1 N–H and O–H groups in total. The van der Waals surface area contributed by atoms with Crippen molar-refractivity contribution < 1.29 is 19.1 Å². The molecule has 6 nitrogen and oxygen atoms in total. The fraction of sp³-hybridized carbons (Fsp3) is 0.391. The Morgan fingerprint density at radius 2 is 1.76 bits per heavy atom. The van der Waals surface area contributed by atoms with E-state index in [4.69, 9.17) is 9.47 Å².